The van der Waals surface area contributed by atoms with Gasteiger partial charge in [0.05, 0.1) is 6.61 Å². The van der Waals surface area contributed by atoms with Gasteiger partial charge in [0, 0.05) is 7.05 Å². The first-order valence-electron chi connectivity index (χ1n) is 2.06. The third-order valence-electron chi connectivity index (χ3n) is 0.439. The Morgan fingerprint density at radius 3 is 2.57 bits per heavy atom. The maximum Gasteiger partial charge on any atom is 0.281 e. The first-order valence-corrected chi connectivity index (χ1v) is 2.44. The Morgan fingerprint density at radius 1 is 1.86 bits per heavy atom. The van der Waals surface area contributed by atoms with E-state index < -0.39 is 0 Å². The predicted molar refractivity (Wildman–Crippen MR) is 30.8 cm³/mol. The van der Waals surface area contributed by atoms with Gasteiger partial charge in [0.25, 0.3) is 5.36 Å². The second-order valence-electron chi connectivity index (χ2n) is 0.910. The number of rotatable bonds is 1. The molecule has 2 nitrogen and oxygen atoms in total. The molecular formula is C4H8ClNO. The zero-order chi connectivity index (χ0) is 5.70. The Balaban J connectivity index is 3.17. The van der Waals surface area contributed by atoms with Crippen molar-refractivity contribution >= 4 is 17.0 Å². The lowest BCUT2D eigenvalue weighted by Crippen LogP contribution is -1.93. The third-order valence-corrected chi connectivity index (χ3v) is 0.717. The van der Waals surface area contributed by atoms with Gasteiger partial charge in [-0.25, -0.2) is 4.99 Å². The fourth-order valence-electron chi connectivity index (χ4n) is 0.184. The van der Waals surface area contributed by atoms with Crippen molar-refractivity contribution in [3.8, 4) is 0 Å². The third kappa shape index (κ3) is 3.59. The van der Waals surface area contributed by atoms with Gasteiger partial charge >= 0.3 is 0 Å². The van der Waals surface area contributed by atoms with Gasteiger partial charge in [0.15, 0.2) is 0 Å². The van der Waals surface area contributed by atoms with Gasteiger partial charge in [-0.15, -0.1) is 0 Å². The van der Waals surface area contributed by atoms with Crippen molar-refractivity contribution in [3.63, 3.8) is 0 Å². The Labute approximate surface area is 48.1 Å². The van der Waals surface area contributed by atoms with E-state index in [4.69, 9.17) is 16.3 Å². The molecule has 0 N–H and O–H groups in total. The van der Waals surface area contributed by atoms with Crippen molar-refractivity contribution < 1.29 is 4.74 Å². The zero-order valence-electron chi connectivity index (χ0n) is 4.44. The molecule has 0 saturated heterocycles. The summed E-state index contributed by atoms with van der Waals surface area (Å²) in [6.07, 6.45) is 0. The van der Waals surface area contributed by atoms with Crippen LogP contribution in [-0.2, 0) is 4.74 Å². The molecule has 0 radical (unpaired) electrons. The Bertz CT molecular complexity index is 72.1. The summed E-state index contributed by atoms with van der Waals surface area (Å²) in [7, 11) is 1.58. The Morgan fingerprint density at radius 2 is 2.43 bits per heavy atom. The normalized spacial score (nSPS) is 11.6. The lowest BCUT2D eigenvalue weighted by molar-refractivity contribution is 0.336. The van der Waals surface area contributed by atoms with Crippen molar-refractivity contribution in [2.45, 2.75) is 6.92 Å². The molecule has 0 aromatic rings. The highest BCUT2D eigenvalue weighted by Crippen LogP contribution is 1.84. The average Bonchev–Trinajstić information content (AvgIpc) is 1.68. The molecule has 0 heterocycles. The van der Waals surface area contributed by atoms with E-state index in [1.807, 2.05) is 6.92 Å². The maximum absolute atomic E-state index is 5.29. The van der Waals surface area contributed by atoms with Gasteiger partial charge in [0.2, 0.25) is 0 Å². The minimum atomic E-state index is 0.225. The SMILES string of the molecule is CCOC(Cl)=NC. The van der Waals surface area contributed by atoms with Gasteiger partial charge < -0.3 is 4.74 Å². The molecule has 0 aliphatic carbocycles. The highest BCUT2D eigenvalue weighted by molar-refractivity contribution is 6.62. The van der Waals surface area contributed by atoms with Crippen molar-refractivity contribution in [2.24, 2.45) is 4.99 Å². The molecule has 0 rings (SSSR count). The van der Waals surface area contributed by atoms with E-state index in [0.29, 0.717) is 6.61 Å². The average molecular weight is 122 g/mol. The lowest BCUT2D eigenvalue weighted by Gasteiger charge is -1.93. The van der Waals surface area contributed by atoms with Crippen molar-refractivity contribution in [1.82, 2.24) is 0 Å². The molecule has 0 aromatic heterocycles. The number of nitrogens with zero attached hydrogens (tertiary/aromatic N) is 1. The van der Waals surface area contributed by atoms with E-state index in [2.05, 4.69) is 4.99 Å². The summed E-state index contributed by atoms with van der Waals surface area (Å²) >= 11 is 5.29. The molecule has 0 spiro atoms. The van der Waals surface area contributed by atoms with E-state index in [0.717, 1.165) is 0 Å². The number of aliphatic imine (C=N–C) groups is 1. The highest BCUT2D eigenvalue weighted by atomic mass is 35.5. The van der Waals surface area contributed by atoms with E-state index >= 15 is 0 Å². The fraction of sp³-hybridized carbons (Fsp3) is 0.750. The fourth-order valence-corrected chi connectivity index (χ4v) is 0.293. The minimum absolute atomic E-state index is 0.225. The first-order chi connectivity index (χ1) is 3.31. The van der Waals surface area contributed by atoms with Crippen molar-refractivity contribution in [2.75, 3.05) is 13.7 Å². The monoisotopic (exact) mass is 121 g/mol. The zero-order valence-corrected chi connectivity index (χ0v) is 5.20. The van der Waals surface area contributed by atoms with Crippen LogP contribution in [0.25, 0.3) is 0 Å². The summed E-state index contributed by atoms with van der Waals surface area (Å²) in [5.74, 6) is 0. The summed E-state index contributed by atoms with van der Waals surface area (Å²) in [4.78, 5) is 3.54. The molecular weight excluding hydrogens is 114 g/mol. The second kappa shape index (κ2) is 3.93. The molecule has 0 aliphatic heterocycles. The quantitative estimate of drug-likeness (QED) is 0.378. The van der Waals surface area contributed by atoms with Crippen molar-refractivity contribution in [1.29, 1.82) is 0 Å². The molecule has 0 unspecified atom stereocenters. The van der Waals surface area contributed by atoms with Crippen LogP contribution in [0.5, 0.6) is 0 Å². The van der Waals surface area contributed by atoms with Gasteiger partial charge in [0.1, 0.15) is 0 Å². The minimum Gasteiger partial charge on any atom is -0.470 e. The van der Waals surface area contributed by atoms with Crippen LogP contribution in [0, 0.1) is 0 Å². The van der Waals surface area contributed by atoms with Crippen LogP contribution in [0.4, 0.5) is 0 Å². The number of hydrogen-bond donors (Lipinski definition) is 0. The van der Waals surface area contributed by atoms with Crippen LogP contribution < -0.4 is 0 Å². The summed E-state index contributed by atoms with van der Waals surface area (Å²) < 4.78 is 4.71. The first kappa shape index (κ1) is 6.76. The topological polar surface area (TPSA) is 21.6 Å². The Hall–Kier alpha value is -0.240. The lowest BCUT2D eigenvalue weighted by atomic mass is 10.9. The standard InChI is InChI=1S/C4H8ClNO/c1-3-7-4(5)6-2/h3H2,1-2H3. The predicted octanol–water partition coefficient (Wildman–Crippen LogP) is 1.25. The number of ether oxygens (including phenoxy) is 1. The van der Waals surface area contributed by atoms with Gasteiger partial charge in [-0.1, -0.05) is 0 Å². The maximum atomic E-state index is 5.29. The smallest absolute Gasteiger partial charge is 0.281 e. The van der Waals surface area contributed by atoms with Crippen LogP contribution in [0.3, 0.4) is 0 Å². The molecule has 42 valence electrons. The van der Waals surface area contributed by atoms with Gasteiger partial charge in [-0.2, -0.15) is 0 Å². The molecule has 0 fully saturated rings. The van der Waals surface area contributed by atoms with Gasteiger partial charge in [-0.3, -0.25) is 0 Å². The summed E-state index contributed by atoms with van der Waals surface area (Å²) in [5.41, 5.74) is 0. The van der Waals surface area contributed by atoms with Crippen LogP contribution >= 0.6 is 11.6 Å². The number of hydrogen-bond acceptors (Lipinski definition) is 2. The molecule has 0 saturated carbocycles. The summed E-state index contributed by atoms with van der Waals surface area (Å²) in [5, 5.41) is 0.225. The van der Waals surface area contributed by atoms with Gasteiger partial charge in [-0.05, 0) is 18.5 Å². The molecule has 0 aliphatic rings. The molecule has 3 heteroatoms. The van der Waals surface area contributed by atoms with E-state index in [9.17, 15) is 0 Å². The van der Waals surface area contributed by atoms with Crippen molar-refractivity contribution in [3.05, 3.63) is 0 Å². The molecule has 0 bridgehead atoms. The highest BCUT2D eigenvalue weighted by Gasteiger charge is 1.83. The van der Waals surface area contributed by atoms with Crippen LogP contribution in [0.15, 0.2) is 4.99 Å². The van der Waals surface area contributed by atoms with E-state index in [1.165, 1.54) is 0 Å². The molecule has 0 amide bonds. The largest absolute Gasteiger partial charge is 0.470 e. The molecule has 7 heavy (non-hydrogen) atoms. The van der Waals surface area contributed by atoms with E-state index in [1.54, 1.807) is 7.05 Å². The molecule has 0 atom stereocenters. The summed E-state index contributed by atoms with van der Waals surface area (Å²) in [6.45, 7) is 2.43. The van der Waals surface area contributed by atoms with Crippen LogP contribution in [0.1, 0.15) is 6.92 Å². The molecule has 0 aromatic carbocycles. The van der Waals surface area contributed by atoms with Crippen LogP contribution in [0.2, 0.25) is 0 Å². The number of halogens is 1. The second-order valence-corrected chi connectivity index (χ2v) is 1.23. The van der Waals surface area contributed by atoms with E-state index in [-0.39, 0.29) is 5.36 Å². The Kier molecular flexibility index (Phi) is 3.80. The summed E-state index contributed by atoms with van der Waals surface area (Å²) in [6, 6.07) is 0. The van der Waals surface area contributed by atoms with Crippen LogP contribution in [-0.4, -0.2) is 19.0 Å².